The van der Waals surface area contributed by atoms with Gasteiger partial charge < -0.3 is 20.3 Å². The second-order valence-electron chi connectivity index (χ2n) is 7.05. The van der Waals surface area contributed by atoms with E-state index in [1.54, 1.807) is 0 Å². The Labute approximate surface area is 149 Å². The molecule has 0 bridgehead atoms. The van der Waals surface area contributed by atoms with Gasteiger partial charge in [0.15, 0.2) is 0 Å². The molecule has 0 aliphatic heterocycles. The first-order chi connectivity index (χ1) is 11.9. The summed E-state index contributed by atoms with van der Waals surface area (Å²) in [5.74, 6) is 0.0496. The molecule has 2 atom stereocenters. The number of nitrogens with zero attached hydrogens (tertiary/aromatic N) is 1. The van der Waals surface area contributed by atoms with Gasteiger partial charge >= 0.3 is 0 Å². The molecule has 0 aromatic heterocycles. The number of carbonyl (C=O) groups is 2. The molecule has 1 aliphatic carbocycles. The number of ether oxygens (including phenoxy) is 1. The van der Waals surface area contributed by atoms with Crippen molar-refractivity contribution in [2.75, 3.05) is 32.5 Å². The summed E-state index contributed by atoms with van der Waals surface area (Å²) in [4.78, 5) is 26.6. The molecule has 0 saturated heterocycles. The first-order valence-corrected chi connectivity index (χ1v) is 8.87. The smallest absolute Gasteiger partial charge is 0.228 e. The third-order valence-electron chi connectivity index (χ3n) is 4.05. The number of rotatable bonds is 9. The average Bonchev–Trinajstić information content (AvgIpc) is 3.33. The average molecular weight is 347 g/mol. The predicted octanol–water partition coefficient (Wildman–Crippen LogP) is 2.12. The van der Waals surface area contributed by atoms with Gasteiger partial charge in [-0.25, -0.2) is 0 Å². The van der Waals surface area contributed by atoms with Gasteiger partial charge in [-0.15, -0.1) is 0 Å². The Morgan fingerprint density at radius 1 is 1.20 bits per heavy atom. The molecule has 0 spiro atoms. The molecule has 6 nitrogen and oxygen atoms in total. The number of hydrogen-bond acceptors (Lipinski definition) is 4. The van der Waals surface area contributed by atoms with E-state index in [-0.39, 0.29) is 29.8 Å². The molecule has 25 heavy (non-hydrogen) atoms. The molecule has 138 valence electrons. The molecule has 1 aromatic carbocycles. The van der Waals surface area contributed by atoms with E-state index in [9.17, 15) is 9.59 Å². The molecule has 1 aliphatic rings. The summed E-state index contributed by atoms with van der Waals surface area (Å²) in [5, 5.41) is 5.81. The van der Waals surface area contributed by atoms with Crippen LogP contribution in [-0.4, -0.2) is 50.0 Å². The van der Waals surface area contributed by atoms with Gasteiger partial charge in [-0.2, -0.15) is 0 Å². The van der Waals surface area contributed by atoms with E-state index in [0.29, 0.717) is 24.4 Å². The summed E-state index contributed by atoms with van der Waals surface area (Å²) in [6.45, 7) is 5.46. The fourth-order valence-corrected chi connectivity index (χ4v) is 2.66. The molecular formula is C19H29N3O3. The lowest BCUT2D eigenvalue weighted by Crippen LogP contribution is -2.30. The van der Waals surface area contributed by atoms with Crippen LogP contribution in [0.2, 0.25) is 0 Å². The first kappa shape index (κ1) is 19.2. The minimum Gasteiger partial charge on any atom is -0.489 e. The van der Waals surface area contributed by atoms with Gasteiger partial charge in [-0.3, -0.25) is 9.59 Å². The minimum atomic E-state index is -0.249. The Bertz CT molecular complexity index is 601. The number of nitrogens with one attached hydrogen (secondary N) is 2. The van der Waals surface area contributed by atoms with Gasteiger partial charge in [-0.05, 0) is 59.5 Å². The number of carbonyl (C=O) groups excluding carboxylic acids is 2. The van der Waals surface area contributed by atoms with Crippen molar-refractivity contribution >= 4 is 17.5 Å². The van der Waals surface area contributed by atoms with Crippen LogP contribution < -0.4 is 15.4 Å². The maximum atomic E-state index is 12.4. The number of amides is 2. The highest BCUT2D eigenvalue weighted by Gasteiger charge is 2.48. The monoisotopic (exact) mass is 347 g/mol. The van der Waals surface area contributed by atoms with Crippen LogP contribution in [0.3, 0.4) is 0 Å². The summed E-state index contributed by atoms with van der Waals surface area (Å²) >= 11 is 0. The van der Waals surface area contributed by atoms with E-state index >= 15 is 0 Å². The van der Waals surface area contributed by atoms with E-state index in [0.717, 1.165) is 13.0 Å². The lowest BCUT2D eigenvalue weighted by atomic mass is 10.2. The summed E-state index contributed by atoms with van der Waals surface area (Å²) in [6, 6.07) is 7.37. The van der Waals surface area contributed by atoms with Crippen LogP contribution in [-0.2, 0) is 9.59 Å². The second-order valence-corrected chi connectivity index (χ2v) is 7.05. The van der Waals surface area contributed by atoms with Crippen molar-refractivity contribution in [1.82, 2.24) is 10.2 Å². The third-order valence-corrected chi connectivity index (χ3v) is 4.05. The zero-order chi connectivity index (χ0) is 18.4. The Kier molecular flexibility index (Phi) is 6.82. The Balaban J connectivity index is 1.80. The van der Waals surface area contributed by atoms with E-state index in [2.05, 4.69) is 15.5 Å². The van der Waals surface area contributed by atoms with E-state index < -0.39 is 0 Å². The highest BCUT2D eigenvalue weighted by molar-refractivity contribution is 6.00. The van der Waals surface area contributed by atoms with Crippen molar-refractivity contribution in [2.24, 2.45) is 11.8 Å². The SMILES string of the molecule is CC(C)Oc1ccccc1NC(=O)C1CC1C(=O)NCCCN(C)C. The molecule has 6 heteroatoms. The van der Waals surface area contributed by atoms with Crippen molar-refractivity contribution < 1.29 is 14.3 Å². The van der Waals surface area contributed by atoms with Crippen LogP contribution >= 0.6 is 0 Å². The lowest BCUT2D eigenvalue weighted by Gasteiger charge is -2.14. The van der Waals surface area contributed by atoms with Gasteiger partial charge in [0.25, 0.3) is 0 Å². The first-order valence-electron chi connectivity index (χ1n) is 8.87. The van der Waals surface area contributed by atoms with E-state index in [1.165, 1.54) is 0 Å². The molecule has 1 aromatic rings. The second kappa shape index (κ2) is 8.85. The number of benzene rings is 1. The molecular weight excluding hydrogens is 318 g/mol. The van der Waals surface area contributed by atoms with Crippen molar-refractivity contribution in [1.29, 1.82) is 0 Å². The van der Waals surface area contributed by atoms with Crippen LogP contribution in [0.1, 0.15) is 26.7 Å². The number of para-hydroxylation sites is 2. The quantitative estimate of drug-likeness (QED) is 0.671. The standard InChI is InChI=1S/C19H29N3O3/c1-13(2)25-17-9-6-5-8-16(17)21-19(24)15-12-14(15)18(23)20-10-7-11-22(3)4/h5-6,8-9,13-15H,7,10-12H2,1-4H3,(H,20,23)(H,21,24). The van der Waals surface area contributed by atoms with Crippen molar-refractivity contribution in [3.63, 3.8) is 0 Å². The Hall–Kier alpha value is -2.08. The molecule has 2 rings (SSSR count). The highest BCUT2D eigenvalue weighted by atomic mass is 16.5. The predicted molar refractivity (Wildman–Crippen MR) is 98.6 cm³/mol. The van der Waals surface area contributed by atoms with Crippen molar-refractivity contribution in [2.45, 2.75) is 32.8 Å². The number of anilines is 1. The molecule has 2 unspecified atom stereocenters. The fraction of sp³-hybridized carbons (Fsp3) is 0.579. The molecule has 0 radical (unpaired) electrons. The molecule has 1 saturated carbocycles. The minimum absolute atomic E-state index is 0.0226. The Morgan fingerprint density at radius 2 is 1.88 bits per heavy atom. The van der Waals surface area contributed by atoms with Gasteiger partial charge in [0.05, 0.1) is 23.6 Å². The van der Waals surface area contributed by atoms with Crippen molar-refractivity contribution in [3.05, 3.63) is 24.3 Å². The summed E-state index contributed by atoms with van der Waals surface area (Å²) in [7, 11) is 4.01. The maximum Gasteiger partial charge on any atom is 0.228 e. The fourth-order valence-electron chi connectivity index (χ4n) is 2.66. The van der Waals surface area contributed by atoms with Crippen LogP contribution in [0.15, 0.2) is 24.3 Å². The zero-order valence-corrected chi connectivity index (χ0v) is 15.5. The van der Waals surface area contributed by atoms with E-state index in [4.69, 9.17) is 4.74 Å². The zero-order valence-electron chi connectivity index (χ0n) is 15.5. The Morgan fingerprint density at radius 3 is 2.56 bits per heavy atom. The maximum absolute atomic E-state index is 12.4. The molecule has 1 fully saturated rings. The van der Waals surface area contributed by atoms with Crippen LogP contribution in [0.4, 0.5) is 5.69 Å². The highest BCUT2D eigenvalue weighted by Crippen LogP contribution is 2.40. The van der Waals surface area contributed by atoms with Gasteiger partial charge in [0, 0.05) is 6.54 Å². The summed E-state index contributed by atoms with van der Waals surface area (Å²) < 4.78 is 5.71. The lowest BCUT2D eigenvalue weighted by molar-refractivity contribution is -0.125. The molecule has 2 amide bonds. The van der Waals surface area contributed by atoms with Gasteiger partial charge in [-0.1, -0.05) is 12.1 Å². The van der Waals surface area contributed by atoms with Crippen LogP contribution in [0.25, 0.3) is 0 Å². The largest absolute Gasteiger partial charge is 0.489 e. The molecule has 0 heterocycles. The summed E-state index contributed by atoms with van der Waals surface area (Å²) in [6.07, 6.45) is 1.54. The summed E-state index contributed by atoms with van der Waals surface area (Å²) in [5.41, 5.74) is 0.651. The van der Waals surface area contributed by atoms with E-state index in [1.807, 2.05) is 52.2 Å². The van der Waals surface area contributed by atoms with Crippen LogP contribution in [0, 0.1) is 11.8 Å². The van der Waals surface area contributed by atoms with Gasteiger partial charge in [0.1, 0.15) is 5.75 Å². The van der Waals surface area contributed by atoms with Crippen LogP contribution in [0.5, 0.6) is 5.75 Å². The molecule has 2 N–H and O–H groups in total. The number of hydrogen-bond donors (Lipinski definition) is 2. The van der Waals surface area contributed by atoms with Crippen molar-refractivity contribution in [3.8, 4) is 5.75 Å². The third kappa shape index (κ3) is 6.05. The van der Waals surface area contributed by atoms with Gasteiger partial charge in [0.2, 0.25) is 11.8 Å². The topological polar surface area (TPSA) is 70.7 Å². The normalized spacial score (nSPS) is 19.0.